The third kappa shape index (κ3) is 4.03. The summed E-state index contributed by atoms with van der Waals surface area (Å²) < 4.78 is 0. The SMILES string of the molecule is CC(C)=C(C)NCCN. The van der Waals surface area contributed by atoms with E-state index in [1.165, 1.54) is 11.3 Å². The Bertz CT molecular complexity index is 101. The molecule has 0 radical (unpaired) electrons. The quantitative estimate of drug-likeness (QED) is 0.591. The molecule has 3 N–H and O–H groups in total. The van der Waals surface area contributed by atoms with Gasteiger partial charge in [-0.2, -0.15) is 0 Å². The van der Waals surface area contributed by atoms with E-state index in [2.05, 4.69) is 26.1 Å². The van der Waals surface area contributed by atoms with Crippen molar-refractivity contribution in [3.63, 3.8) is 0 Å². The summed E-state index contributed by atoms with van der Waals surface area (Å²) in [6.45, 7) is 7.80. The van der Waals surface area contributed by atoms with Crippen LogP contribution < -0.4 is 11.1 Å². The molecule has 0 amide bonds. The Hall–Kier alpha value is -0.500. The smallest absolute Gasteiger partial charge is 0.0266 e. The molecular weight excluding hydrogens is 112 g/mol. The highest BCUT2D eigenvalue weighted by atomic mass is 14.9. The molecule has 0 aliphatic carbocycles. The van der Waals surface area contributed by atoms with Gasteiger partial charge < -0.3 is 11.1 Å². The van der Waals surface area contributed by atoms with Crippen LogP contribution in [0, 0.1) is 0 Å². The normalized spacial score (nSPS) is 8.89. The first-order chi connectivity index (χ1) is 4.18. The zero-order valence-corrected chi connectivity index (χ0v) is 6.49. The third-order valence-electron chi connectivity index (χ3n) is 1.28. The van der Waals surface area contributed by atoms with Gasteiger partial charge in [0.1, 0.15) is 0 Å². The summed E-state index contributed by atoms with van der Waals surface area (Å²) in [7, 11) is 0. The molecule has 0 aliphatic heterocycles. The molecule has 2 heteroatoms. The molecule has 0 fully saturated rings. The molecule has 0 heterocycles. The predicted octanol–water partition coefficient (Wildman–Crippen LogP) is 0.849. The molecule has 0 saturated carbocycles. The van der Waals surface area contributed by atoms with Gasteiger partial charge in [0.2, 0.25) is 0 Å². The highest BCUT2D eigenvalue weighted by molar-refractivity contribution is 5.03. The van der Waals surface area contributed by atoms with Crippen molar-refractivity contribution < 1.29 is 0 Å². The van der Waals surface area contributed by atoms with Gasteiger partial charge in [-0.05, 0) is 20.8 Å². The van der Waals surface area contributed by atoms with E-state index in [0.29, 0.717) is 6.54 Å². The van der Waals surface area contributed by atoms with Crippen LogP contribution in [0.5, 0.6) is 0 Å². The van der Waals surface area contributed by atoms with Crippen LogP contribution in [0.3, 0.4) is 0 Å². The summed E-state index contributed by atoms with van der Waals surface area (Å²) in [5, 5.41) is 3.19. The van der Waals surface area contributed by atoms with Crippen LogP contribution in [0.15, 0.2) is 11.3 Å². The van der Waals surface area contributed by atoms with Gasteiger partial charge in [-0.25, -0.2) is 0 Å². The molecule has 0 spiro atoms. The van der Waals surface area contributed by atoms with Crippen molar-refractivity contribution in [1.82, 2.24) is 5.32 Å². The molecule has 9 heavy (non-hydrogen) atoms. The van der Waals surface area contributed by atoms with E-state index in [0.717, 1.165) is 6.54 Å². The Morgan fingerprint density at radius 3 is 2.22 bits per heavy atom. The Kier molecular flexibility index (Phi) is 4.14. The van der Waals surface area contributed by atoms with E-state index >= 15 is 0 Å². The van der Waals surface area contributed by atoms with E-state index in [-0.39, 0.29) is 0 Å². The lowest BCUT2D eigenvalue weighted by Gasteiger charge is -2.05. The van der Waals surface area contributed by atoms with Gasteiger partial charge in [0.05, 0.1) is 0 Å². The molecule has 0 aromatic rings. The summed E-state index contributed by atoms with van der Waals surface area (Å²) in [4.78, 5) is 0. The largest absolute Gasteiger partial charge is 0.387 e. The number of hydrogen-bond acceptors (Lipinski definition) is 2. The maximum Gasteiger partial charge on any atom is 0.0266 e. The van der Waals surface area contributed by atoms with Crippen molar-refractivity contribution in [3.05, 3.63) is 11.3 Å². The second-order valence-corrected chi connectivity index (χ2v) is 2.34. The summed E-state index contributed by atoms with van der Waals surface area (Å²) in [6.07, 6.45) is 0. The van der Waals surface area contributed by atoms with Crippen LogP contribution in [-0.4, -0.2) is 13.1 Å². The van der Waals surface area contributed by atoms with Crippen molar-refractivity contribution in [2.45, 2.75) is 20.8 Å². The Morgan fingerprint density at radius 1 is 1.33 bits per heavy atom. The zero-order valence-electron chi connectivity index (χ0n) is 6.49. The molecule has 54 valence electrons. The molecule has 2 nitrogen and oxygen atoms in total. The summed E-state index contributed by atoms with van der Waals surface area (Å²) in [5.74, 6) is 0. The first-order valence-corrected chi connectivity index (χ1v) is 3.26. The minimum atomic E-state index is 0.699. The van der Waals surface area contributed by atoms with Gasteiger partial charge in [0, 0.05) is 18.8 Å². The van der Waals surface area contributed by atoms with E-state index in [4.69, 9.17) is 5.73 Å². The van der Waals surface area contributed by atoms with E-state index < -0.39 is 0 Å². The maximum atomic E-state index is 5.29. The molecule has 0 saturated heterocycles. The van der Waals surface area contributed by atoms with Gasteiger partial charge >= 0.3 is 0 Å². The first kappa shape index (κ1) is 8.50. The molecule has 0 aromatic carbocycles. The van der Waals surface area contributed by atoms with Gasteiger partial charge in [0.25, 0.3) is 0 Å². The summed E-state index contributed by atoms with van der Waals surface area (Å²) in [5.41, 5.74) is 7.85. The van der Waals surface area contributed by atoms with Crippen LogP contribution in [0.2, 0.25) is 0 Å². The summed E-state index contributed by atoms with van der Waals surface area (Å²) in [6, 6.07) is 0. The number of hydrogen-bond donors (Lipinski definition) is 2. The maximum absolute atomic E-state index is 5.29. The second-order valence-electron chi connectivity index (χ2n) is 2.34. The first-order valence-electron chi connectivity index (χ1n) is 3.26. The van der Waals surface area contributed by atoms with Gasteiger partial charge in [0.15, 0.2) is 0 Å². The van der Waals surface area contributed by atoms with Crippen molar-refractivity contribution in [2.75, 3.05) is 13.1 Å². The Morgan fingerprint density at radius 2 is 1.89 bits per heavy atom. The fourth-order valence-electron chi connectivity index (χ4n) is 0.436. The van der Waals surface area contributed by atoms with Crippen molar-refractivity contribution in [2.24, 2.45) is 5.73 Å². The van der Waals surface area contributed by atoms with E-state index in [9.17, 15) is 0 Å². The van der Waals surface area contributed by atoms with Crippen molar-refractivity contribution in [1.29, 1.82) is 0 Å². The predicted molar refractivity (Wildman–Crippen MR) is 41.1 cm³/mol. The Balaban J connectivity index is 3.50. The fraction of sp³-hybridized carbons (Fsp3) is 0.714. The van der Waals surface area contributed by atoms with Crippen molar-refractivity contribution in [3.8, 4) is 0 Å². The standard InChI is InChI=1S/C7H16N2/c1-6(2)7(3)9-5-4-8/h9H,4-5,8H2,1-3H3. The lowest BCUT2D eigenvalue weighted by Crippen LogP contribution is -2.21. The lowest BCUT2D eigenvalue weighted by molar-refractivity contribution is 0.787. The average molecular weight is 128 g/mol. The van der Waals surface area contributed by atoms with Gasteiger partial charge in [-0.15, -0.1) is 0 Å². The van der Waals surface area contributed by atoms with E-state index in [1.807, 2.05) is 0 Å². The van der Waals surface area contributed by atoms with Crippen LogP contribution in [0.1, 0.15) is 20.8 Å². The molecule has 0 aliphatic rings. The van der Waals surface area contributed by atoms with Gasteiger partial charge in [-0.1, -0.05) is 5.57 Å². The van der Waals surface area contributed by atoms with E-state index in [1.54, 1.807) is 0 Å². The summed E-state index contributed by atoms with van der Waals surface area (Å²) >= 11 is 0. The monoisotopic (exact) mass is 128 g/mol. The number of nitrogens with one attached hydrogen (secondary N) is 1. The van der Waals surface area contributed by atoms with Crippen LogP contribution in [-0.2, 0) is 0 Å². The molecular formula is C7H16N2. The van der Waals surface area contributed by atoms with Crippen LogP contribution >= 0.6 is 0 Å². The molecule has 0 unspecified atom stereocenters. The molecule has 0 atom stereocenters. The molecule has 0 bridgehead atoms. The topological polar surface area (TPSA) is 38.0 Å². The van der Waals surface area contributed by atoms with Gasteiger partial charge in [-0.3, -0.25) is 0 Å². The fourth-order valence-corrected chi connectivity index (χ4v) is 0.436. The minimum absolute atomic E-state index is 0.699. The van der Waals surface area contributed by atoms with Crippen LogP contribution in [0.4, 0.5) is 0 Å². The Labute approximate surface area is 57.1 Å². The van der Waals surface area contributed by atoms with Crippen LogP contribution in [0.25, 0.3) is 0 Å². The zero-order chi connectivity index (χ0) is 7.28. The minimum Gasteiger partial charge on any atom is -0.387 e. The second kappa shape index (κ2) is 4.39. The average Bonchev–Trinajstić information content (AvgIpc) is 1.82. The number of rotatable bonds is 3. The molecule has 0 rings (SSSR count). The lowest BCUT2D eigenvalue weighted by atomic mass is 10.3. The highest BCUT2D eigenvalue weighted by Crippen LogP contribution is 1.95. The number of allylic oxidation sites excluding steroid dienone is 2. The number of nitrogens with two attached hydrogens (primary N) is 1. The third-order valence-corrected chi connectivity index (χ3v) is 1.28. The molecule has 0 aromatic heterocycles. The highest BCUT2D eigenvalue weighted by Gasteiger charge is 1.86. The van der Waals surface area contributed by atoms with Crippen molar-refractivity contribution >= 4 is 0 Å².